The summed E-state index contributed by atoms with van der Waals surface area (Å²) in [6.07, 6.45) is 1.79. The highest BCUT2D eigenvalue weighted by atomic mass is 32.1. The number of carbonyl (C=O) groups excluding carboxylic acids is 1. The van der Waals surface area contributed by atoms with Crippen LogP contribution >= 0.6 is 11.3 Å². The second-order valence-electron chi connectivity index (χ2n) is 4.56. The second kappa shape index (κ2) is 6.38. The maximum absolute atomic E-state index is 11.9. The van der Waals surface area contributed by atoms with Crippen LogP contribution in [0.15, 0.2) is 30.5 Å². The van der Waals surface area contributed by atoms with Gasteiger partial charge in [-0.2, -0.15) is 0 Å². The third kappa shape index (κ3) is 3.71. The van der Waals surface area contributed by atoms with Gasteiger partial charge in [-0.05, 0) is 19.1 Å². The van der Waals surface area contributed by atoms with Gasteiger partial charge in [0.1, 0.15) is 0 Å². The predicted molar refractivity (Wildman–Crippen MR) is 83.5 cm³/mol. The van der Waals surface area contributed by atoms with Gasteiger partial charge >= 0.3 is 6.03 Å². The van der Waals surface area contributed by atoms with Gasteiger partial charge in [0.05, 0.1) is 22.9 Å². The maximum Gasteiger partial charge on any atom is 0.319 e. The van der Waals surface area contributed by atoms with Crippen molar-refractivity contribution in [2.75, 3.05) is 24.3 Å². The maximum atomic E-state index is 11.9. The van der Waals surface area contributed by atoms with Gasteiger partial charge < -0.3 is 15.5 Å². The Morgan fingerprint density at radius 3 is 2.75 bits per heavy atom. The summed E-state index contributed by atoms with van der Waals surface area (Å²) in [4.78, 5) is 19.1. The topological polar surface area (TPSA) is 57.3 Å². The van der Waals surface area contributed by atoms with Gasteiger partial charge in [-0.15, -0.1) is 11.3 Å². The zero-order valence-electron chi connectivity index (χ0n) is 11.8. The number of para-hydroxylation sites is 2. The van der Waals surface area contributed by atoms with Crippen LogP contribution in [-0.2, 0) is 6.54 Å². The Hall–Kier alpha value is -2.08. The molecule has 0 saturated carbocycles. The number of hydrogen-bond donors (Lipinski definition) is 2. The lowest BCUT2D eigenvalue weighted by atomic mass is 10.2. The highest BCUT2D eigenvalue weighted by molar-refractivity contribution is 7.11. The molecule has 0 aliphatic carbocycles. The summed E-state index contributed by atoms with van der Waals surface area (Å²) in [5.41, 5.74) is 1.76. The fraction of sp³-hybridized carbons (Fsp3) is 0.286. The first-order valence-corrected chi connectivity index (χ1v) is 7.10. The summed E-state index contributed by atoms with van der Waals surface area (Å²) >= 11 is 1.58. The number of anilines is 2. The highest BCUT2D eigenvalue weighted by Gasteiger charge is 2.07. The molecule has 0 spiro atoms. The molecular weight excluding hydrogens is 272 g/mol. The Kier molecular flexibility index (Phi) is 4.57. The molecule has 0 fully saturated rings. The predicted octanol–water partition coefficient (Wildman–Crippen LogP) is 2.84. The van der Waals surface area contributed by atoms with E-state index in [1.165, 1.54) is 0 Å². The molecule has 2 amide bonds. The summed E-state index contributed by atoms with van der Waals surface area (Å²) in [5.74, 6) is 0. The first kappa shape index (κ1) is 14.3. The van der Waals surface area contributed by atoms with Crippen molar-refractivity contribution in [3.8, 4) is 0 Å². The zero-order valence-corrected chi connectivity index (χ0v) is 12.6. The SMILES string of the molecule is Cc1ncc(CNC(=O)Nc2ccccc2N(C)C)s1. The first-order valence-electron chi connectivity index (χ1n) is 6.29. The van der Waals surface area contributed by atoms with Crippen LogP contribution < -0.4 is 15.5 Å². The number of nitrogens with zero attached hydrogens (tertiary/aromatic N) is 2. The monoisotopic (exact) mass is 290 g/mol. The highest BCUT2D eigenvalue weighted by Crippen LogP contribution is 2.23. The number of benzene rings is 1. The minimum atomic E-state index is -0.217. The molecule has 0 atom stereocenters. The Morgan fingerprint density at radius 1 is 1.35 bits per heavy atom. The molecule has 0 saturated heterocycles. The van der Waals surface area contributed by atoms with Gasteiger partial charge in [-0.25, -0.2) is 9.78 Å². The van der Waals surface area contributed by atoms with Crippen LogP contribution in [0.4, 0.5) is 16.2 Å². The van der Waals surface area contributed by atoms with Crippen LogP contribution in [0.2, 0.25) is 0 Å². The summed E-state index contributed by atoms with van der Waals surface area (Å²) in [6.45, 7) is 2.43. The van der Waals surface area contributed by atoms with E-state index in [-0.39, 0.29) is 6.03 Å². The fourth-order valence-corrected chi connectivity index (χ4v) is 2.52. The first-order chi connectivity index (χ1) is 9.56. The Morgan fingerprint density at radius 2 is 2.10 bits per heavy atom. The number of nitrogens with one attached hydrogen (secondary N) is 2. The van der Waals surface area contributed by atoms with Crippen molar-refractivity contribution >= 4 is 28.7 Å². The van der Waals surface area contributed by atoms with Crippen LogP contribution in [0.25, 0.3) is 0 Å². The molecule has 5 nitrogen and oxygen atoms in total. The van der Waals surface area contributed by atoms with E-state index in [4.69, 9.17) is 0 Å². The number of amides is 2. The average molecular weight is 290 g/mol. The Bertz CT molecular complexity index is 594. The number of hydrogen-bond acceptors (Lipinski definition) is 4. The van der Waals surface area contributed by atoms with Crippen molar-refractivity contribution in [1.82, 2.24) is 10.3 Å². The van der Waals surface area contributed by atoms with Crippen LogP contribution in [0.1, 0.15) is 9.88 Å². The molecule has 0 bridgehead atoms. The van der Waals surface area contributed by atoms with Gasteiger partial charge in [0.2, 0.25) is 0 Å². The zero-order chi connectivity index (χ0) is 14.5. The van der Waals surface area contributed by atoms with E-state index in [0.29, 0.717) is 6.54 Å². The molecule has 106 valence electrons. The smallest absolute Gasteiger partial charge is 0.319 e. The summed E-state index contributed by atoms with van der Waals surface area (Å²) in [7, 11) is 3.89. The van der Waals surface area contributed by atoms with Gasteiger partial charge in [0.25, 0.3) is 0 Å². The van der Waals surface area contributed by atoms with Crippen LogP contribution in [0.3, 0.4) is 0 Å². The second-order valence-corrected chi connectivity index (χ2v) is 5.88. The van der Waals surface area contributed by atoms with E-state index < -0.39 is 0 Å². The van der Waals surface area contributed by atoms with E-state index in [2.05, 4.69) is 15.6 Å². The number of aromatic nitrogens is 1. The van der Waals surface area contributed by atoms with E-state index >= 15 is 0 Å². The standard InChI is InChI=1S/C14H18N4OS/c1-10-15-8-11(20-10)9-16-14(19)17-12-6-4-5-7-13(12)18(2)3/h4-8H,9H2,1-3H3,(H2,16,17,19). The summed E-state index contributed by atoms with van der Waals surface area (Å²) in [6, 6.07) is 7.46. The van der Waals surface area contributed by atoms with Crippen LogP contribution in [0, 0.1) is 6.92 Å². The molecule has 2 N–H and O–H groups in total. The molecule has 1 aromatic heterocycles. The van der Waals surface area contributed by atoms with E-state index in [9.17, 15) is 4.79 Å². The minimum absolute atomic E-state index is 0.217. The van der Waals surface area contributed by atoms with E-state index in [0.717, 1.165) is 21.3 Å². The lowest BCUT2D eigenvalue weighted by Crippen LogP contribution is -2.28. The molecule has 1 aromatic carbocycles. The Labute approximate surface area is 122 Å². The van der Waals surface area contributed by atoms with Gasteiger partial charge in [0, 0.05) is 25.2 Å². The average Bonchev–Trinajstić information content (AvgIpc) is 2.83. The molecule has 1 heterocycles. The molecule has 2 rings (SSSR count). The largest absolute Gasteiger partial charge is 0.376 e. The molecule has 0 radical (unpaired) electrons. The third-order valence-corrected chi connectivity index (χ3v) is 3.64. The molecule has 20 heavy (non-hydrogen) atoms. The molecule has 0 aliphatic rings. The third-order valence-electron chi connectivity index (χ3n) is 2.73. The van der Waals surface area contributed by atoms with Crippen molar-refractivity contribution in [3.63, 3.8) is 0 Å². The molecule has 6 heteroatoms. The van der Waals surface area contributed by atoms with Crippen molar-refractivity contribution in [3.05, 3.63) is 40.3 Å². The Balaban J connectivity index is 1.94. The lowest BCUT2D eigenvalue weighted by molar-refractivity contribution is 0.252. The van der Waals surface area contributed by atoms with Crippen molar-refractivity contribution < 1.29 is 4.79 Å². The molecular formula is C14H18N4OS. The van der Waals surface area contributed by atoms with Crippen molar-refractivity contribution in [2.24, 2.45) is 0 Å². The molecule has 0 unspecified atom stereocenters. The quantitative estimate of drug-likeness (QED) is 0.910. The van der Waals surface area contributed by atoms with Gasteiger partial charge in [0.15, 0.2) is 0 Å². The number of urea groups is 1. The lowest BCUT2D eigenvalue weighted by Gasteiger charge is -2.17. The van der Waals surface area contributed by atoms with E-state index in [1.54, 1.807) is 17.5 Å². The molecule has 0 aliphatic heterocycles. The van der Waals surface area contributed by atoms with E-state index in [1.807, 2.05) is 50.2 Å². The fourth-order valence-electron chi connectivity index (χ4n) is 1.79. The van der Waals surface area contributed by atoms with Gasteiger partial charge in [-0.1, -0.05) is 12.1 Å². The van der Waals surface area contributed by atoms with Gasteiger partial charge in [-0.3, -0.25) is 0 Å². The molecule has 2 aromatic rings. The van der Waals surface area contributed by atoms with Crippen molar-refractivity contribution in [2.45, 2.75) is 13.5 Å². The summed E-state index contributed by atoms with van der Waals surface area (Å²) < 4.78 is 0. The normalized spacial score (nSPS) is 10.2. The van der Waals surface area contributed by atoms with Crippen LogP contribution in [-0.4, -0.2) is 25.1 Å². The number of thiazole rings is 1. The number of rotatable bonds is 4. The number of aryl methyl sites for hydroxylation is 1. The van der Waals surface area contributed by atoms with Crippen LogP contribution in [0.5, 0.6) is 0 Å². The van der Waals surface area contributed by atoms with Crippen molar-refractivity contribution in [1.29, 1.82) is 0 Å². The minimum Gasteiger partial charge on any atom is -0.376 e. The summed E-state index contributed by atoms with van der Waals surface area (Å²) in [5, 5.41) is 6.69. The number of carbonyl (C=O) groups is 1.